The number of rotatable bonds is 0. The molecule has 57 valence electrons. The predicted molar refractivity (Wildman–Crippen MR) is 30.9 cm³/mol. The van der Waals surface area contributed by atoms with E-state index < -0.39 is 18.3 Å². The lowest BCUT2D eigenvalue weighted by molar-refractivity contribution is -0.0961. The molecule has 0 aliphatic carbocycles. The third-order valence-electron chi connectivity index (χ3n) is 1.90. The highest BCUT2D eigenvalue weighted by atomic mass is 16.6. The molecule has 0 unspecified atom stereocenters. The Kier molecular flexibility index (Phi) is 1.42. The molecule has 2 bridgehead atoms. The van der Waals surface area contributed by atoms with Gasteiger partial charge in [0.1, 0.15) is 31.0 Å². The van der Waals surface area contributed by atoms with Gasteiger partial charge >= 0.3 is 0 Å². The molecule has 0 aromatic carbocycles. The van der Waals surface area contributed by atoms with Crippen molar-refractivity contribution in [3.05, 3.63) is 6.61 Å². The second-order valence-electron chi connectivity index (χ2n) is 2.59. The first-order valence-corrected chi connectivity index (χ1v) is 3.25. The van der Waals surface area contributed by atoms with Gasteiger partial charge in [-0.2, -0.15) is 0 Å². The van der Waals surface area contributed by atoms with Gasteiger partial charge in [-0.05, 0) is 0 Å². The summed E-state index contributed by atoms with van der Waals surface area (Å²) in [6.45, 7) is 1.69. The molecule has 4 nitrogen and oxygen atoms in total. The maximum atomic E-state index is 9.25. The molecular formula is C6H9O4. The minimum Gasteiger partial charge on any atom is -0.387 e. The molecule has 0 aromatic rings. The summed E-state index contributed by atoms with van der Waals surface area (Å²) in [7, 11) is 0. The van der Waals surface area contributed by atoms with Gasteiger partial charge in [0.15, 0.2) is 0 Å². The van der Waals surface area contributed by atoms with Gasteiger partial charge in [0.2, 0.25) is 0 Å². The normalized spacial score (nSPS) is 53.4. The molecule has 2 heterocycles. The molecule has 2 N–H and O–H groups in total. The number of ether oxygens (including phenoxy) is 2. The van der Waals surface area contributed by atoms with E-state index in [0.717, 1.165) is 0 Å². The number of aliphatic hydroxyl groups is 2. The molecule has 2 aliphatic heterocycles. The zero-order valence-corrected chi connectivity index (χ0v) is 5.30. The smallest absolute Gasteiger partial charge is 0.115 e. The third-order valence-corrected chi connectivity index (χ3v) is 1.90. The summed E-state index contributed by atoms with van der Waals surface area (Å²) in [6.07, 6.45) is -2.19. The summed E-state index contributed by atoms with van der Waals surface area (Å²) in [5, 5.41) is 18.3. The highest BCUT2D eigenvalue weighted by Gasteiger charge is 2.45. The summed E-state index contributed by atoms with van der Waals surface area (Å²) in [5.41, 5.74) is 0. The Morgan fingerprint density at radius 3 is 2.90 bits per heavy atom. The molecule has 2 rings (SSSR count). The van der Waals surface area contributed by atoms with Crippen molar-refractivity contribution >= 4 is 0 Å². The Labute approximate surface area is 58.4 Å². The molecule has 0 aromatic heterocycles. The van der Waals surface area contributed by atoms with Crippen LogP contribution >= 0.6 is 0 Å². The van der Waals surface area contributed by atoms with Crippen LogP contribution in [0.2, 0.25) is 0 Å². The maximum absolute atomic E-state index is 9.25. The average Bonchev–Trinajstić information content (AvgIpc) is 2.13. The van der Waals surface area contributed by atoms with E-state index in [0.29, 0.717) is 6.61 Å². The SMILES string of the molecule is O[C@H]1[C@H]2OC[C@@H]1O[CH][C@H]2O. The van der Waals surface area contributed by atoms with Crippen LogP contribution in [-0.2, 0) is 9.47 Å². The Morgan fingerprint density at radius 1 is 1.40 bits per heavy atom. The Hall–Kier alpha value is -0.160. The third kappa shape index (κ3) is 0.769. The van der Waals surface area contributed by atoms with Crippen LogP contribution in [0.4, 0.5) is 0 Å². The Balaban J connectivity index is 2.13. The minimum absolute atomic E-state index is 0.270. The van der Waals surface area contributed by atoms with Crippen molar-refractivity contribution in [2.75, 3.05) is 6.61 Å². The first kappa shape index (κ1) is 6.54. The number of hydrogen-bond acceptors (Lipinski definition) is 4. The van der Waals surface area contributed by atoms with Crippen LogP contribution in [0.25, 0.3) is 0 Å². The van der Waals surface area contributed by atoms with E-state index in [-0.39, 0.29) is 6.10 Å². The fourth-order valence-electron chi connectivity index (χ4n) is 1.29. The second kappa shape index (κ2) is 2.17. The van der Waals surface area contributed by atoms with E-state index in [9.17, 15) is 5.11 Å². The second-order valence-corrected chi connectivity index (χ2v) is 2.59. The van der Waals surface area contributed by atoms with Crippen LogP contribution in [0.1, 0.15) is 0 Å². The zero-order chi connectivity index (χ0) is 7.14. The fourth-order valence-corrected chi connectivity index (χ4v) is 1.29. The van der Waals surface area contributed by atoms with Crippen molar-refractivity contribution in [1.29, 1.82) is 0 Å². The lowest BCUT2D eigenvalue weighted by Crippen LogP contribution is -2.45. The Morgan fingerprint density at radius 2 is 2.20 bits per heavy atom. The van der Waals surface area contributed by atoms with Crippen molar-refractivity contribution in [3.63, 3.8) is 0 Å². The summed E-state index contributed by atoms with van der Waals surface area (Å²) in [4.78, 5) is 0. The van der Waals surface area contributed by atoms with Crippen LogP contribution in [0.3, 0.4) is 0 Å². The molecule has 0 amide bonds. The van der Waals surface area contributed by atoms with Gasteiger partial charge in [-0.3, -0.25) is 0 Å². The highest BCUT2D eigenvalue weighted by molar-refractivity contribution is 4.97. The monoisotopic (exact) mass is 145 g/mol. The summed E-state index contributed by atoms with van der Waals surface area (Å²) >= 11 is 0. The first-order valence-electron chi connectivity index (χ1n) is 3.25. The molecule has 1 radical (unpaired) electrons. The van der Waals surface area contributed by atoms with Gasteiger partial charge in [-0.1, -0.05) is 0 Å². The van der Waals surface area contributed by atoms with Gasteiger partial charge in [0.05, 0.1) is 6.61 Å². The van der Waals surface area contributed by atoms with Crippen molar-refractivity contribution in [1.82, 2.24) is 0 Å². The van der Waals surface area contributed by atoms with E-state index >= 15 is 0 Å². The van der Waals surface area contributed by atoms with Crippen molar-refractivity contribution < 1.29 is 19.7 Å². The maximum Gasteiger partial charge on any atom is 0.115 e. The van der Waals surface area contributed by atoms with Gasteiger partial charge in [0.25, 0.3) is 0 Å². The number of hydrogen-bond donors (Lipinski definition) is 2. The van der Waals surface area contributed by atoms with Crippen molar-refractivity contribution in [2.24, 2.45) is 0 Å². The van der Waals surface area contributed by atoms with Crippen LogP contribution in [0.5, 0.6) is 0 Å². The first-order chi connectivity index (χ1) is 4.79. The van der Waals surface area contributed by atoms with E-state index in [1.165, 1.54) is 6.61 Å². The minimum atomic E-state index is -0.784. The Bertz CT molecular complexity index is 138. The van der Waals surface area contributed by atoms with Crippen molar-refractivity contribution in [2.45, 2.75) is 24.4 Å². The molecule has 4 atom stereocenters. The summed E-state index contributed by atoms with van der Waals surface area (Å²) in [5.74, 6) is 0. The van der Waals surface area contributed by atoms with E-state index in [1.807, 2.05) is 0 Å². The van der Waals surface area contributed by atoms with Gasteiger partial charge in [0, 0.05) is 0 Å². The molecule has 0 saturated carbocycles. The van der Waals surface area contributed by atoms with E-state index in [4.69, 9.17) is 14.6 Å². The summed E-state index contributed by atoms with van der Waals surface area (Å²) < 4.78 is 9.99. The lowest BCUT2D eigenvalue weighted by Gasteiger charge is -2.27. The predicted octanol–water partition coefficient (Wildman–Crippen LogP) is -1.33. The van der Waals surface area contributed by atoms with Crippen molar-refractivity contribution in [3.8, 4) is 0 Å². The van der Waals surface area contributed by atoms with Crippen LogP contribution in [0.15, 0.2) is 0 Å². The lowest BCUT2D eigenvalue weighted by atomic mass is 10.0. The molecule has 2 fully saturated rings. The van der Waals surface area contributed by atoms with Gasteiger partial charge < -0.3 is 19.7 Å². The standard InChI is InChI=1S/C6H9O4/c7-3-1-9-4-2-10-6(3)5(4)8/h1,3-8H,2H2/t3-,4+,5-,6+/m1/s1. The van der Waals surface area contributed by atoms with Gasteiger partial charge in [-0.25, -0.2) is 0 Å². The van der Waals surface area contributed by atoms with E-state index in [2.05, 4.69) is 0 Å². The summed E-state index contributed by atoms with van der Waals surface area (Å²) in [6, 6.07) is 0. The largest absolute Gasteiger partial charge is 0.387 e. The molecule has 2 saturated heterocycles. The van der Waals surface area contributed by atoms with E-state index in [1.54, 1.807) is 0 Å². The topological polar surface area (TPSA) is 58.9 Å². The quantitative estimate of drug-likeness (QED) is 0.443. The molecule has 0 spiro atoms. The van der Waals surface area contributed by atoms with Crippen LogP contribution in [0, 0.1) is 6.61 Å². The number of aliphatic hydroxyl groups excluding tert-OH is 2. The van der Waals surface area contributed by atoms with Crippen LogP contribution in [-0.4, -0.2) is 41.2 Å². The molecular weight excluding hydrogens is 136 g/mol. The fraction of sp³-hybridized carbons (Fsp3) is 0.833. The average molecular weight is 145 g/mol. The van der Waals surface area contributed by atoms with Crippen LogP contribution < -0.4 is 0 Å². The molecule has 2 aliphatic rings. The molecule has 10 heavy (non-hydrogen) atoms. The molecule has 4 heteroatoms. The van der Waals surface area contributed by atoms with Gasteiger partial charge in [-0.15, -0.1) is 0 Å². The highest BCUT2D eigenvalue weighted by Crippen LogP contribution is 2.27. The zero-order valence-electron chi connectivity index (χ0n) is 5.30. The number of fused-ring (bicyclic) bond motifs is 2.